The zero-order valence-electron chi connectivity index (χ0n) is 30.0. The molecule has 1 aromatic heterocycles. The maximum atomic E-state index is 13.9. The predicted octanol–water partition coefficient (Wildman–Crippen LogP) is -3.10. The van der Waals surface area contributed by atoms with Gasteiger partial charge < -0.3 is 37.6 Å². The number of nitrogens with two attached hydrogens (primary N) is 1. The van der Waals surface area contributed by atoms with Gasteiger partial charge in [0.15, 0.2) is 4.34 Å². The Kier molecular flexibility index (Phi) is 14.5. The van der Waals surface area contributed by atoms with Crippen LogP contribution in [0.4, 0.5) is 15.3 Å². The van der Waals surface area contributed by atoms with Crippen molar-refractivity contribution in [2.24, 2.45) is 5.73 Å². The van der Waals surface area contributed by atoms with Gasteiger partial charge in [-0.05, 0) is 37.1 Å². The third-order valence-corrected chi connectivity index (χ3v) is 11.5. The van der Waals surface area contributed by atoms with Gasteiger partial charge in [-0.3, -0.25) is 39.1 Å². The number of nitrogens with zero attached hydrogens (tertiary/aromatic N) is 5. The van der Waals surface area contributed by atoms with E-state index in [0.29, 0.717) is 14.8 Å². The molecule has 0 radical (unpaired) electrons. The van der Waals surface area contributed by atoms with E-state index < -0.39 is 77.8 Å². The number of thioether (sulfide) groups is 2. The number of rotatable bonds is 13. The standard InChI is InChI=1S/C30H33N9O11S3.Na.H/c1-3-37-8-9-38(24(43)23(37)42)28(48)34-18(14-4-6-16(7-5-14)32-29(49)50-10-17(31)26(44)45)21(40)33-19-22(41)39-20(27(46)47)15(11-51-25(19)39)12-52-30-36-35-13(2)53-30;;/h4-7,17-19,25H,3,8-12,31H2,1-2H3,(H,32,49)(H,33,40)(H,34,48)(H,44,45)(H,46,47);;/q;+1;-1/t17-,18-,19-,25-;;/m1../s1. The number of aliphatic carboxylic acids is 2. The molecular formula is C30H34N9NaO11S3. The van der Waals surface area contributed by atoms with Crippen LogP contribution >= 0.6 is 34.9 Å². The summed E-state index contributed by atoms with van der Waals surface area (Å²) in [6, 6.07) is 0.167. The van der Waals surface area contributed by atoms with Gasteiger partial charge in [0.25, 0.3) is 5.91 Å². The van der Waals surface area contributed by atoms with Crippen LogP contribution in [0.1, 0.15) is 25.0 Å². The van der Waals surface area contributed by atoms with Crippen LogP contribution in [0.25, 0.3) is 0 Å². The van der Waals surface area contributed by atoms with E-state index in [-0.39, 0.29) is 79.1 Å². The Bertz CT molecular complexity index is 1890. The summed E-state index contributed by atoms with van der Waals surface area (Å²) in [5.41, 5.74) is 5.91. The molecule has 7 N–H and O–H groups in total. The van der Waals surface area contributed by atoms with Crippen molar-refractivity contribution in [2.45, 2.75) is 41.7 Å². The molecule has 3 aliphatic heterocycles. The van der Waals surface area contributed by atoms with Gasteiger partial charge in [0.2, 0.25) is 5.91 Å². The fourth-order valence-electron chi connectivity index (χ4n) is 5.34. The number of amides is 7. The van der Waals surface area contributed by atoms with Crippen molar-refractivity contribution in [1.82, 2.24) is 35.5 Å². The number of likely N-dealkylation sites (N-methyl/N-ethyl adjacent to an activating group) is 1. The molecule has 24 heteroatoms. The summed E-state index contributed by atoms with van der Waals surface area (Å²) in [5, 5.41) is 34.3. The molecule has 3 aliphatic rings. The number of benzene rings is 1. The largest absolute Gasteiger partial charge is 1.00 e. The summed E-state index contributed by atoms with van der Waals surface area (Å²) < 4.78 is 5.43. The number of anilines is 1. The number of urea groups is 1. The maximum absolute atomic E-state index is 13.9. The first kappa shape index (κ1) is 42.5. The number of carbonyl (C=O) groups is 8. The van der Waals surface area contributed by atoms with Crippen LogP contribution in [-0.4, -0.2) is 138 Å². The minimum absolute atomic E-state index is 0. The number of nitrogens with one attached hydrogen (secondary N) is 3. The van der Waals surface area contributed by atoms with Crippen LogP contribution < -0.4 is 51.2 Å². The van der Waals surface area contributed by atoms with Gasteiger partial charge in [-0.25, -0.2) is 14.4 Å². The molecule has 0 bridgehead atoms. The Morgan fingerprint density at radius 1 is 1.09 bits per heavy atom. The molecule has 20 nitrogen and oxygen atoms in total. The fourth-order valence-corrected chi connectivity index (χ4v) is 8.64. The number of carbonyl (C=O) groups excluding carboxylic acids is 6. The number of imide groups is 1. The van der Waals surface area contributed by atoms with E-state index in [0.717, 1.165) is 9.91 Å². The number of hydrogen-bond acceptors (Lipinski definition) is 15. The van der Waals surface area contributed by atoms with Crippen LogP contribution in [0, 0.1) is 6.92 Å². The zero-order chi connectivity index (χ0) is 38.6. The van der Waals surface area contributed by atoms with Crippen molar-refractivity contribution in [3.63, 3.8) is 0 Å². The summed E-state index contributed by atoms with van der Waals surface area (Å²) in [5.74, 6) is -5.76. The van der Waals surface area contributed by atoms with Crippen LogP contribution in [0.5, 0.6) is 0 Å². The minimum Gasteiger partial charge on any atom is -1.00 e. The van der Waals surface area contributed by atoms with E-state index in [1.807, 2.05) is 0 Å². The van der Waals surface area contributed by atoms with Crippen LogP contribution in [0.3, 0.4) is 0 Å². The van der Waals surface area contributed by atoms with Gasteiger partial charge in [0, 0.05) is 36.8 Å². The van der Waals surface area contributed by atoms with E-state index in [9.17, 15) is 43.5 Å². The minimum atomic E-state index is -1.54. The SMILES string of the molecule is CCN1CCN(C(=O)N[C@@H](C(=O)N[C@@H]2C(=O)N3C(C(=O)O)=C(CSc4nnc(C)s4)CS[C@H]23)c2ccc(NC(=O)OC[C@@H](N)C(=O)O)cc2)C(=O)C1=O.[H-].[Na+]. The Labute approximate surface area is 342 Å². The first-order valence-electron chi connectivity index (χ1n) is 15.8. The van der Waals surface area contributed by atoms with Crippen molar-refractivity contribution in [1.29, 1.82) is 0 Å². The maximum Gasteiger partial charge on any atom is 1.00 e. The Hall–Kier alpha value is -4.26. The van der Waals surface area contributed by atoms with Crippen molar-refractivity contribution in [3.8, 4) is 0 Å². The second kappa shape index (κ2) is 18.4. The van der Waals surface area contributed by atoms with Gasteiger partial charge in [-0.15, -0.1) is 22.0 Å². The average Bonchev–Trinajstić information content (AvgIpc) is 3.56. The van der Waals surface area contributed by atoms with Gasteiger partial charge in [0.05, 0.1) is 0 Å². The topological polar surface area (TPSA) is 284 Å². The predicted molar refractivity (Wildman–Crippen MR) is 188 cm³/mol. The molecule has 1 aromatic carbocycles. The number of ether oxygens (including phenoxy) is 1. The first-order chi connectivity index (χ1) is 25.2. The Morgan fingerprint density at radius 2 is 1.80 bits per heavy atom. The third-order valence-electron chi connectivity index (χ3n) is 8.09. The summed E-state index contributed by atoms with van der Waals surface area (Å²) in [6.07, 6.45) is -1.02. The second-order valence-electron chi connectivity index (χ2n) is 11.5. The van der Waals surface area contributed by atoms with Crippen LogP contribution in [0.15, 0.2) is 39.9 Å². The first-order valence-corrected chi connectivity index (χ1v) is 18.6. The van der Waals surface area contributed by atoms with Gasteiger partial charge >= 0.3 is 65.4 Å². The average molecular weight is 816 g/mol. The van der Waals surface area contributed by atoms with E-state index in [1.54, 1.807) is 13.8 Å². The number of aromatic nitrogens is 2. The molecular weight excluding hydrogens is 782 g/mol. The van der Waals surface area contributed by atoms with Gasteiger partial charge in [0.1, 0.15) is 40.8 Å². The summed E-state index contributed by atoms with van der Waals surface area (Å²) in [7, 11) is 0. The quantitative estimate of drug-likeness (QED) is 0.0505. The molecule has 2 aromatic rings. The van der Waals surface area contributed by atoms with E-state index >= 15 is 0 Å². The molecule has 0 spiro atoms. The number of β-lactam (4-membered cyclic amide) rings is 1. The molecule has 284 valence electrons. The van der Waals surface area contributed by atoms with Gasteiger partial charge in [-0.1, -0.05) is 35.2 Å². The number of piperazine rings is 1. The number of carboxylic acid groups (broad SMARTS) is 2. The molecule has 0 saturated carbocycles. The van der Waals surface area contributed by atoms with Crippen LogP contribution in [0.2, 0.25) is 0 Å². The van der Waals surface area contributed by atoms with E-state index in [2.05, 4.69) is 26.1 Å². The molecule has 5 rings (SSSR count). The molecule has 0 aliphatic carbocycles. The molecule has 0 unspecified atom stereocenters. The Balaban J connectivity index is 0.00000406. The number of fused-ring (bicyclic) bond motifs is 1. The summed E-state index contributed by atoms with van der Waals surface area (Å²) in [6.45, 7) is 3.04. The number of hydrogen-bond donors (Lipinski definition) is 6. The van der Waals surface area contributed by atoms with Crippen molar-refractivity contribution in [3.05, 3.63) is 46.1 Å². The monoisotopic (exact) mass is 815 g/mol. The van der Waals surface area contributed by atoms with Crippen molar-refractivity contribution in [2.75, 3.05) is 43.1 Å². The smallest absolute Gasteiger partial charge is 1.00 e. The zero-order valence-corrected chi connectivity index (χ0v) is 33.4. The molecule has 54 heavy (non-hydrogen) atoms. The molecule has 4 heterocycles. The van der Waals surface area contributed by atoms with Crippen molar-refractivity contribution >= 4 is 88.2 Å². The van der Waals surface area contributed by atoms with E-state index in [4.69, 9.17) is 15.6 Å². The number of carboxylic acids is 2. The molecule has 2 fully saturated rings. The van der Waals surface area contributed by atoms with Crippen LogP contribution in [-0.2, 0) is 33.5 Å². The normalized spacial score (nSPS) is 19.2. The molecule has 4 atom stereocenters. The Morgan fingerprint density at radius 3 is 2.41 bits per heavy atom. The van der Waals surface area contributed by atoms with Gasteiger partial charge in [-0.2, -0.15) is 0 Å². The fraction of sp³-hybridized carbons (Fsp3) is 0.400. The number of aryl methyl sites for hydroxylation is 1. The third kappa shape index (κ3) is 9.51. The van der Waals surface area contributed by atoms with Crippen molar-refractivity contribution < 1.29 is 84.3 Å². The second-order valence-corrected chi connectivity index (χ2v) is 15.1. The molecule has 7 amide bonds. The molecule has 2 saturated heterocycles. The summed E-state index contributed by atoms with van der Waals surface area (Å²) >= 11 is 3.89. The van der Waals surface area contributed by atoms with E-state index in [1.165, 1.54) is 64.0 Å². The summed E-state index contributed by atoms with van der Waals surface area (Å²) in [4.78, 5) is 104.